The molecule has 106 valence electrons. The van der Waals surface area contributed by atoms with Crippen molar-refractivity contribution in [2.45, 2.75) is 52.5 Å². The Morgan fingerprint density at radius 1 is 1.53 bits per heavy atom. The molecule has 0 saturated heterocycles. The zero-order chi connectivity index (χ0) is 14.0. The highest BCUT2D eigenvalue weighted by Crippen LogP contribution is 2.35. The first-order valence-corrected chi connectivity index (χ1v) is 7.84. The van der Waals surface area contributed by atoms with Gasteiger partial charge in [-0.3, -0.25) is 0 Å². The minimum atomic E-state index is -0.845. The van der Waals surface area contributed by atoms with Gasteiger partial charge < -0.3 is 10.0 Å². The number of aryl methyl sites for hydroxylation is 1. The van der Waals surface area contributed by atoms with E-state index < -0.39 is 5.97 Å². The molecule has 0 amide bonds. The molecule has 1 aliphatic carbocycles. The molecule has 0 radical (unpaired) electrons. The lowest BCUT2D eigenvalue weighted by atomic mass is 10.2. The van der Waals surface area contributed by atoms with Crippen molar-refractivity contribution < 1.29 is 9.90 Å². The molecule has 1 saturated carbocycles. The summed E-state index contributed by atoms with van der Waals surface area (Å²) >= 11 is 1.33. The van der Waals surface area contributed by atoms with E-state index in [-0.39, 0.29) is 0 Å². The second-order valence-corrected chi connectivity index (χ2v) is 6.49. The van der Waals surface area contributed by atoms with Gasteiger partial charge in [-0.25, -0.2) is 9.78 Å². The highest BCUT2D eigenvalue weighted by atomic mass is 32.1. The Morgan fingerprint density at radius 2 is 2.21 bits per heavy atom. The first kappa shape index (κ1) is 14.3. The number of hydrogen-bond acceptors (Lipinski definition) is 4. The normalized spacial score (nSPS) is 14.9. The second-order valence-electron chi connectivity index (χ2n) is 5.52. The van der Waals surface area contributed by atoms with Gasteiger partial charge in [-0.1, -0.05) is 24.7 Å². The van der Waals surface area contributed by atoms with Crippen LogP contribution in [0, 0.1) is 5.92 Å². The number of thiazole rings is 1. The van der Waals surface area contributed by atoms with E-state index in [1.807, 2.05) is 0 Å². The highest BCUT2D eigenvalue weighted by molar-refractivity contribution is 7.17. The van der Waals surface area contributed by atoms with Crippen LogP contribution >= 0.6 is 11.3 Å². The van der Waals surface area contributed by atoms with Gasteiger partial charge >= 0.3 is 5.97 Å². The average Bonchev–Trinajstić information content (AvgIpc) is 3.06. The van der Waals surface area contributed by atoms with Gasteiger partial charge in [-0.15, -0.1) is 0 Å². The molecular formula is C14H22N2O2S. The predicted molar refractivity (Wildman–Crippen MR) is 78.3 cm³/mol. The molecule has 1 aliphatic rings. The summed E-state index contributed by atoms with van der Waals surface area (Å²) in [6.45, 7) is 7.35. The van der Waals surface area contributed by atoms with Crippen molar-refractivity contribution in [3.8, 4) is 0 Å². The lowest BCUT2D eigenvalue weighted by Crippen LogP contribution is -2.32. The number of carboxylic acids is 1. The number of anilines is 1. The number of carboxylic acid groups (broad SMARTS) is 1. The number of hydrogen-bond donors (Lipinski definition) is 1. The number of nitrogens with zero attached hydrogens (tertiary/aromatic N) is 2. The molecule has 0 unspecified atom stereocenters. The second kappa shape index (κ2) is 5.90. The largest absolute Gasteiger partial charge is 0.477 e. The summed E-state index contributed by atoms with van der Waals surface area (Å²) in [6.07, 6.45) is 4.26. The third kappa shape index (κ3) is 3.47. The summed E-state index contributed by atoms with van der Waals surface area (Å²) in [5.74, 6) is -0.0727. The summed E-state index contributed by atoms with van der Waals surface area (Å²) in [5.41, 5.74) is 0.747. The van der Waals surface area contributed by atoms with Gasteiger partial charge in [0.05, 0.1) is 5.69 Å². The Labute approximate surface area is 118 Å². The van der Waals surface area contributed by atoms with Crippen molar-refractivity contribution >= 4 is 22.4 Å². The van der Waals surface area contributed by atoms with Crippen molar-refractivity contribution in [2.24, 2.45) is 5.92 Å². The molecule has 0 atom stereocenters. The average molecular weight is 282 g/mol. The van der Waals surface area contributed by atoms with E-state index in [0.29, 0.717) is 10.9 Å². The van der Waals surface area contributed by atoms with Crippen molar-refractivity contribution in [3.05, 3.63) is 10.6 Å². The van der Waals surface area contributed by atoms with Crippen molar-refractivity contribution in [2.75, 3.05) is 11.4 Å². The summed E-state index contributed by atoms with van der Waals surface area (Å²) in [4.78, 5) is 18.5. The number of carbonyl (C=O) groups is 1. The molecule has 2 rings (SSSR count). The van der Waals surface area contributed by atoms with E-state index in [9.17, 15) is 9.90 Å². The summed E-state index contributed by atoms with van der Waals surface area (Å²) in [5, 5.41) is 10.1. The Kier molecular flexibility index (Phi) is 4.45. The lowest BCUT2D eigenvalue weighted by molar-refractivity contribution is 0.0700. The molecule has 19 heavy (non-hydrogen) atoms. The third-order valence-electron chi connectivity index (χ3n) is 3.39. The Balaban J connectivity index is 2.25. The van der Waals surface area contributed by atoms with Crippen LogP contribution in [-0.2, 0) is 6.42 Å². The molecule has 5 heteroatoms. The number of rotatable bonds is 7. The van der Waals surface area contributed by atoms with Gasteiger partial charge in [-0.2, -0.15) is 0 Å². The fourth-order valence-electron chi connectivity index (χ4n) is 2.12. The fourth-order valence-corrected chi connectivity index (χ4v) is 3.22. The molecule has 0 aliphatic heterocycles. The predicted octanol–water partition coefficient (Wildman–Crippen LogP) is 3.42. The van der Waals surface area contributed by atoms with Crippen LogP contribution in [0.15, 0.2) is 0 Å². The molecule has 0 spiro atoms. The maximum absolute atomic E-state index is 11.3. The zero-order valence-electron chi connectivity index (χ0n) is 11.8. The van der Waals surface area contributed by atoms with Crippen molar-refractivity contribution in [3.63, 3.8) is 0 Å². The highest BCUT2D eigenvalue weighted by Gasteiger charge is 2.28. The number of aromatic carboxylic acids is 1. The monoisotopic (exact) mass is 282 g/mol. The van der Waals surface area contributed by atoms with Crippen LogP contribution in [-0.4, -0.2) is 28.6 Å². The first-order valence-electron chi connectivity index (χ1n) is 7.02. The van der Waals surface area contributed by atoms with Gasteiger partial charge in [0.1, 0.15) is 4.88 Å². The first-order chi connectivity index (χ1) is 9.02. The quantitative estimate of drug-likeness (QED) is 0.832. The zero-order valence-corrected chi connectivity index (χ0v) is 12.7. The summed E-state index contributed by atoms with van der Waals surface area (Å²) < 4.78 is 0. The minimum absolute atomic E-state index is 0.364. The van der Waals surface area contributed by atoms with Crippen molar-refractivity contribution in [1.29, 1.82) is 0 Å². The molecular weight excluding hydrogens is 260 g/mol. The smallest absolute Gasteiger partial charge is 0.347 e. The molecule has 1 heterocycles. The van der Waals surface area contributed by atoms with E-state index >= 15 is 0 Å². The van der Waals surface area contributed by atoms with Crippen LogP contribution in [0.5, 0.6) is 0 Å². The SMILES string of the molecule is CCCc1nc(N(CC2CC2)C(C)C)sc1C(=O)O. The van der Waals surface area contributed by atoms with Gasteiger partial charge in [0.15, 0.2) is 5.13 Å². The van der Waals surface area contributed by atoms with Gasteiger partial charge in [0.25, 0.3) is 0 Å². The standard InChI is InChI=1S/C14H22N2O2S/c1-4-5-11-12(13(17)18)19-14(15-11)16(9(2)3)8-10-6-7-10/h9-10H,4-8H2,1-3H3,(H,17,18). The Hall–Kier alpha value is -1.10. The van der Waals surface area contributed by atoms with Crippen LogP contribution in [0.1, 0.15) is 55.4 Å². The van der Waals surface area contributed by atoms with Gasteiger partial charge in [-0.05, 0) is 39.0 Å². The summed E-state index contributed by atoms with van der Waals surface area (Å²) in [7, 11) is 0. The van der Waals surface area contributed by atoms with Gasteiger partial charge in [0, 0.05) is 12.6 Å². The van der Waals surface area contributed by atoms with E-state index in [1.54, 1.807) is 0 Å². The van der Waals surface area contributed by atoms with Crippen molar-refractivity contribution in [1.82, 2.24) is 4.98 Å². The van der Waals surface area contributed by atoms with Crippen LogP contribution in [0.2, 0.25) is 0 Å². The fraction of sp³-hybridized carbons (Fsp3) is 0.714. The molecule has 1 fully saturated rings. The molecule has 1 N–H and O–H groups in total. The van der Waals surface area contributed by atoms with Crippen LogP contribution in [0.3, 0.4) is 0 Å². The lowest BCUT2D eigenvalue weighted by Gasteiger charge is -2.26. The Bertz CT molecular complexity index is 452. The topological polar surface area (TPSA) is 53.4 Å². The summed E-state index contributed by atoms with van der Waals surface area (Å²) in [6, 6.07) is 0.364. The maximum atomic E-state index is 11.3. The van der Waals surface area contributed by atoms with E-state index in [2.05, 4.69) is 30.7 Å². The van der Waals surface area contributed by atoms with Gasteiger partial charge in [0.2, 0.25) is 0 Å². The molecule has 4 nitrogen and oxygen atoms in total. The van der Waals surface area contributed by atoms with E-state index in [4.69, 9.17) is 0 Å². The molecule has 0 bridgehead atoms. The third-order valence-corrected chi connectivity index (χ3v) is 4.51. The molecule has 1 aromatic heterocycles. The van der Waals surface area contributed by atoms with E-state index in [0.717, 1.165) is 36.1 Å². The van der Waals surface area contributed by atoms with Crippen LogP contribution in [0.4, 0.5) is 5.13 Å². The Morgan fingerprint density at radius 3 is 2.68 bits per heavy atom. The maximum Gasteiger partial charge on any atom is 0.347 e. The van der Waals surface area contributed by atoms with Crippen LogP contribution < -0.4 is 4.90 Å². The molecule has 0 aromatic carbocycles. The minimum Gasteiger partial charge on any atom is -0.477 e. The molecule has 1 aromatic rings. The number of aromatic nitrogens is 1. The van der Waals surface area contributed by atoms with E-state index in [1.165, 1.54) is 24.2 Å². The van der Waals surface area contributed by atoms with Crippen LogP contribution in [0.25, 0.3) is 0 Å².